The van der Waals surface area contributed by atoms with Gasteiger partial charge in [0.15, 0.2) is 10.9 Å². The molecule has 0 atom stereocenters. The maximum absolute atomic E-state index is 13.8. The molecule has 0 aliphatic carbocycles. The summed E-state index contributed by atoms with van der Waals surface area (Å²) in [6.07, 6.45) is 1.60. The molecular formula is C16H11F3N6OS. The van der Waals surface area contributed by atoms with E-state index in [0.717, 1.165) is 11.3 Å². The van der Waals surface area contributed by atoms with Crippen molar-refractivity contribution in [1.82, 2.24) is 19.5 Å². The molecule has 0 unspecified atom stereocenters. The Hall–Kier alpha value is -3.21. The van der Waals surface area contributed by atoms with E-state index in [1.54, 1.807) is 25.0 Å². The van der Waals surface area contributed by atoms with Crippen molar-refractivity contribution >= 4 is 49.6 Å². The average molecular weight is 392 g/mol. The number of aryl methyl sites for hydroxylation is 1. The highest BCUT2D eigenvalue weighted by molar-refractivity contribution is 7.22. The third kappa shape index (κ3) is 2.76. The summed E-state index contributed by atoms with van der Waals surface area (Å²) in [5, 5.41) is 5.38. The second-order valence-corrected chi connectivity index (χ2v) is 6.61. The lowest BCUT2D eigenvalue weighted by Gasteiger charge is -2.04. The Morgan fingerprint density at radius 2 is 1.85 bits per heavy atom. The van der Waals surface area contributed by atoms with Gasteiger partial charge in [0.25, 0.3) is 5.91 Å². The number of thiazole rings is 1. The van der Waals surface area contributed by atoms with Gasteiger partial charge in [-0.15, -0.1) is 0 Å². The first-order valence-corrected chi connectivity index (χ1v) is 8.46. The third-order valence-electron chi connectivity index (χ3n) is 3.90. The van der Waals surface area contributed by atoms with Gasteiger partial charge in [-0.3, -0.25) is 10.1 Å². The Labute approximate surface area is 153 Å². The number of aromatic nitrogens is 4. The Kier molecular flexibility index (Phi) is 3.95. The molecule has 1 amide bonds. The van der Waals surface area contributed by atoms with Crippen LogP contribution in [-0.2, 0) is 7.05 Å². The van der Waals surface area contributed by atoms with Crippen molar-refractivity contribution in [2.75, 3.05) is 17.7 Å². The molecule has 0 spiro atoms. The van der Waals surface area contributed by atoms with Crippen LogP contribution in [0.25, 0.3) is 21.4 Å². The number of imidazole rings is 1. The van der Waals surface area contributed by atoms with Crippen LogP contribution in [0.15, 0.2) is 18.5 Å². The molecule has 27 heavy (non-hydrogen) atoms. The van der Waals surface area contributed by atoms with Gasteiger partial charge in [0.05, 0.1) is 6.33 Å². The second kappa shape index (κ2) is 6.20. The van der Waals surface area contributed by atoms with E-state index in [1.807, 2.05) is 0 Å². The highest BCUT2D eigenvalue weighted by Crippen LogP contribution is 2.33. The van der Waals surface area contributed by atoms with E-state index >= 15 is 0 Å². The van der Waals surface area contributed by atoms with Gasteiger partial charge in [0.1, 0.15) is 44.4 Å². The van der Waals surface area contributed by atoms with Crippen molar-refractivity contribution in [1.29, 1.82) is 0 Å². The molecule has 3 aromatic heterocycles. The van der Waals surface area contributed by atoms with Crippen LogP contribution in [0.4, 0.5) is 24.1 Å². The lowest BCUT2D eigenvalue weighted by atomic mass is 10.2. The van der Waals surface area contributed by atoms with Crippen LogP contribution in [0, 0.1) is 17.5 Å². The highest BCUT2D eigenvalue weighted by Gasteiger charge is 2.22. The van der Waals surface area contributed by atoms with Gasteiger partial charge in [-0.05, 0) is 0 Å². The van der Waals surface area contributed by atoms with Crippen LogP contribution in [0.2, 0.25) is 0 Å². The predicted molar refractivity (Wildman–Crippen MR) is 95.5 cm³/mol. The number of nitrogens with zero attached hydrogens (tertiary/aromatic N) is 4. The normalized spacial score (nSPS) is 11.3. The molecule has 0 aliphatic heterocycles. The van der Waals surface area contributed by atoms with E-state index in [9.17, 15) is 18.0 Å². The number of nitrogens with one attached hydrogen (secondary N) is 2. The Morgan fingerprint density at radius 1 is 1.15 bits per heavy atom. The maximum Gasteiger partial charge on any atom is 0.263 e. The average Bonchev–Trinajstić information content (AvgIpc) is 3.16. The van der Waals surface area contributed by atoms with Crippen LogP contribution < -0.4 is 10.6 Å². The van der Waals surface area contributed by atoms with Gasteiger partial charge in [-0.1, -0.05) is 11.3 Å². The van der Waals surface area contributed by atoms with Gasteiger partial charge in [-0.25, -0.2) is 28.1 Å². The molecule has 0 fully saturated rings. The fourth-order valence-corrected chi connectivity index (χ4v) is 3.57. The molecule has 11 heteroatoms. The largest absolute Gasteiger partial charge is 0.371 e. The van der Waals surface area contributed by atoms with E-state index in [-0.39, 0.29) is 5.13 Å². The zero-order chi connectivity index (χ0) is 19.3. The number of rotatable bonds is 3. The van der Waals surface area contributed by atoms with Gasteiger partial charge in [-0.2, -0.15) is 0 Å². The van der Waals surface area contributed by atoms with E-state index in [0.29, 0.717) is 39.3 Å². The lowest BCUT2D eigenvalue weighted by Crippen LogP contribution is -2.16. The number of halogens is 3. The topological polar surface area (TPSA) is 84.7 Å². The predicted octanol–water partition coefficient (Wildman–Crippen LogP) is 3.29. The first-order valence-electron chi connectivity index (χ1n) is 7.64. The SMILES string of the molecule is CNc1nc2sc(NC(=O)c3c(F)cc(F)cc3F)nc2c2c1ncn2C. The number of anilines is 2. The molecule has 4 rings (SSSR count). The third-order valence-corrected chi connectivity index (χ3v) is 4.76. The Bertz CT molecular complexity index is 1200. The van der Waals surface area contributed by atoms with Crippen LogP contribution in [0.5, 0.6) is 0 Å². The first-order chi connectivity index (χ1) is 12.9. The number of benzene rings is 1. The summed E-state index contributed by atoms with van der Waals surface area (Å²) in [6.45, 7) is 0. The van der Waals surface area contributed by atoms with Crippen molar-refractivity contribution in [2.24, 2.45) is 7.05 Å². The Balaban J connectivity index is 1.78. The number of carbonyl (C=O) groups is 1. The van der Waals surface area contributed by atoms with E-state index < -0.39 is 28.9 Å². The summed E-state index contributed by atoms with van der Waals surface area (Å²) in [6, 6.07) is 0.881. The van der Waals surface area contributed by atoms with Gasteiger partial charge >= 0.3 is 0 Å². The molecule has 0 radical (unpaired) electrons. The summed E-state index contributed by atoms with van der Waals surface area (Å²) in [5.74, 6) is -4.23. The van der Waals surface area contributed by atoms with Crippen molar-refractivity contribution in [3.05, 3.63) is 41.5 Å². The zero-order valence-corrected chi connectivity index (χ0v) is 14.8. The number of pyridine rings is 1. The summed E-state index contributed by atoms with van der Waals surface area (Å²) in [7, 11) is 3.49. The van der Waals surface area contributed by atoms with E-state index in [2.05, 4.69) is 25.6 Å². The molecule has 0 saturated carbocycles. The van der Waals surface area contributed by atoms with Crippen LogP contribution in [0.3, 0.4) is 0 Å². The minimum atomic E-state index is -1.30. The fourth-order valence-electron chi connectivity index (χ4n) is 2.73. The highest BCUT2D eigenvalue weighted by atomic mass is 32.1. The number of fused-ring (bicyclic) bond motifs is 3. The number of hydrogen-bond acceptors (Lipinski definition) is 6. The minimum absolute atomic E-state index is 0.0985. The number of amides is 1. The molecule has 0 saturated heterocycles. The van der Waals surface area contributed by atoms with Crippen LogP contribution in [0.1, 0.15) is 10.4 Å². The molecule has 0 aliphatic rings. The summed E-state index contributed by atoms with van der Waals surface area (Å²) >= 11 is 1.04. The van der Waals surface area contributed by atoms with Gasteiger partial charge in [0, 0.05) is 26.2 Å². The van der Waals surface area contributed by atoms with Gasteiger partial charge < -0.3 is 9.88 Å². The molecule has 2 N–H and O–H groups in total. The molecule has 4 aromatic rings. The number of carbonyl (C=O) groups excluding carboxylic acids is 1. The summed E-state index contributed by atoms with van der Waals surface area (Å²) < 4.78 is 42.4. The van der Waals surface area contributed by atoms with Crippen molar-refractivity contribution in [2.45, 2.75) is 0 Å². The van der Waals surface area contributed by atoms with Crippen molar-refractivity contribution in [3.8, 4) is 0 Å². The molecule has 7 nitrogen and oxygen atoms in total. The Morgan fingerprint density at radius 3 is 2.52 bits per heavy atom. The monoisotopic (exact) mass is 392 g/mol. The molecule has 138 valence electrons. The van der Waals surface area contributed by atoms with E-state index in [1.165, 1.54) is 0 Å². The van der Waals surface area contributed by atoms with Gasteiger partial charge in [0.2, 0.25) is 0 Å². The molecular weight excluding hydrogens is 381 g/mol. The smallest absolute Gasteiger partial charge is 0.263 e. The van der Waals surface area contributed by atoms with Crippen molar-refractivity contribution in [3.63, 3.8) is 0 Å². The maximum atomic E-state index is 13.8. The fraction of sp³-hybridized carbons (Fsp3) is 0.125. The quantitative estimate of drug-likeness (QED) is 0.559. The second-order valence-electron chi connectivity index (χ2n) is 5.63. The summed E-state index contributed by atoms with van der Waals surface area (Å²) in [5.41, 5.74) is 0.904. The molecule has 1 aromatic carbocycles. The zero-order valence-electron chi connectivity index (χ0n) is 14.0. The lowest BCUT2D eigenvalue weighted by molar-refractivity contribution is 0.101. The van der Waals surface area contributed by atoms with Crippen molar-refractivity contribution < 1.29 is 18.0 Å². The minimum Gasteiger partial charge on any atom is -0.371 e. The van der Waals surface area contributed by atoms with Crippen LogP contribution in [-0.4, -0.2) is 32.5 Å². The van der Waals surface area contributed by atoms with Crippen LogP contribution >= 0.6 is 11.3 Å². The van der Waals surface area contributed by atoms with E-state index in [4.69, 9.17) is 0 Å². The first kappa shape index (κ1) is 17.2. The number of hydrogen-bond donors (Lipinski definition) is 2. The molecule has 3 heterocycles. The summed E-state index contributed by atoms with van der Waals surface area (Å²) in [4.78, 5) is 25.7. The standard InChI is InChI=1S/C16H11F3N6OS/c1-20-13-10-12(25(2)5-21-10)11-15(23-13)27-16(22-11)24-14(26)9-7(18)3-6(17)4-8(9)19/h3-5H,1-2H3,(H,20,23)(H,22,24,26). The molecule has 0 bridgehead atoms.